The molecule has 0 spiro atoms. The summed E-state index contributed by atoms with van der Waals surface area (Å²) in [6, 6.07) is 14.8. The maximum Gasteiger partial charge on any atom is 0.270 e. The molecular weight excluding hydrogens is 466 g/mol. The quantitative estimate of drug-likeness (QED) is 0.411. The fraction of sp³-hybridized carbons (Fsp3) is 0.414. The van der Waals surface area contributed by atoms with Crippen LogP contribution in [-0.2, 0) is 11.8 Å². The molecule has 1 atom stereocenters. The first-order valence-electron chi connectivity index (χ1n) is 12.9. The summed E-state index contributed by atoms with van der Waals surface area (Å²) in [5.74, 6) is 0.986. The monoisotopic (exact) mass is 497 g/mol. The lowest BCUT2D eigenvalue weighted by molar-refractivity contribution is 0.193. The third-order valence-corrected chi connectivity index (χ3v) is 8.05. The fourth-order valence-electron chi connectivity index (χ4n) is 5.78. The van der Waals surface area contributed by atoms with Crippen molar-refractivity contribution in [1.82, 2.24) is 9.55 Å². The molecular formula is C29H31N5O3. The number of fused-ring (bicyclic) bond motifs is 2. The summed E-state index contributed by atoms with van der Waals surface area (Å²) >= 11 is 0. The van der Waals surface area contributed by atoms with E-state index in [2.05, 4.69) is 48.0 Å². The molecule has 2 saturated heterocycles. The predicted octanol–water partition coefficient (Wildman–Crippen LogP) is 4.47. The molecule has 0 amide bonds. The largest absolute Gasteiger partial charge is 0.440 e. The second kappa shape index (κ2) is 9.24. The van der Waals surface area contributed by atoms with Gasteiger partial charge in [0.1, 0.15) is 17.1 Å². The van der Waals surface area contributed by atoms with Gasteiger partial charge in [-0.05, 0) is 62.1 Å². The molecule has 0 bridgehead atoms. The summed E-state index contributed by atoms with van der Waals surface area (Å²) < 4.78 is 13.3. The molecule has 0 radical (unpaired) electrons. The van der Waals surface area contributed by atoms with Crippen LogP contribution in [0.1, 0.15) is 42.2 Å². The van der Waals surface area contributed by atoms with Crippen molar-refractivity contribution in [2.45, 2.75) is 38.1 Å². The Morgan fingerprint density at radius 2 is 1.95 bits per heavy atom. The van der Waals surface area contributed by atoms with Crippen LogP contribution in [0, 0.1) is 18.3 Å². The zero-order valence-corrected chi connectivity index (χ0v) is 21.5. The standard InChI is InChI=1S/C29H31N5O3/c1-18-4-7-26-24(14-18)31-28(37-26)19-8-11-34(12-9-19)27-22-6-5-20(32(2)21-10-13-36-17-21)15-25(22)33(3)29(35)23(27)16-30/h4-7,14-15,19,21H,8-13,17H2,1-3H3. The number of nitriles is 1. The summed E-state index contributed by atoms with van der Waals surface area (Å²) in [6.45, 7) is 4.98. The Morgan fingerprint density at radius 1 is 1.14 bits per heavy atom. The molecule has 2 aromatic carbocycles. The van der Waals surface area contributed by atoms with E-state index in [-0.39, 0.29) is 17.0 Å². The summed E-state index contributed by atoms with van der Waals surface area (Å²) in [5, 5.41) is 10.9. The van der Waals surface area contributed by atoms with E-state index < -0.39 is 0 Å². The highest BCUT2D eigenvalue weighted by molar-refractivity contribution is 5.96. The van der Waals surface area contributed by atoms with Crippen LogP contribution in [0.15, 0.2) is 45.6 Å². The number of pyridine rings is 1. The highest BCUT2D eigenvalue weighted by Gasteiger charge is 2.29. The number of piperidine rings is 1. The van der Waals surface area contributed by atoms with Gasteiger partial charge in [0.2, 0.25) is 0 Å². The molecule has 8 heteroatoms. The lowest BCUT2D eigenvalue weighted by Crippen LogP contribution is -2.36. The number of hydrogen-bond acceptors (Lipinski definition) is 7. The van der Waals surface area contributed by atoms with Crippen molar-refractivity contribution < 1.29 is 9.15 Å². The maximum absolute atomic E-state index is 13.3. The second-order valence-corrected chi connectivity index (χ2v) is 10.3. The van der Waals surface area contributed by atoms with Crippen molar-refractivity contribution in [3.05, 3.63) is 63.8 Å². The lowest BCUT2D eigenvalue weighted by Gasteiger charge is -2.34. The minimum atomic E-state index is -0.259. The number of nitrogens with zero attached hydrogens (tertiary/aromatic N) is 5. The normalized spacial score (nSPS) is 18.5. The van der Waals surface area contributed by atoms with Crippen molar-refractivity contribution in [3.8, 4) is 6.07 Å². The molecule has 1 unspecified atom stereocenters. The third kappa shape index (κ3) is 4.04. The average molecular weight is 498 g/mol. The predicted molar refractivity (Wildman–Crippen MR) is 144 cm³/mol. The van der Waals surface area contributed by atoms with Crippen LogP contribution in [0.25, 0.3) is 22.0 Å². The SMILES string of the molecule is Cc1ccc2oc(C3CCN(c4c(C#N)c(=O)n(C)c5cc(N(C)C6CCOC6)ccc45)CC3)nc2c1. The Labute approximate surface area is 215 Å². The molecule has 190 valence electrons. The van der Waals surface area contributed by atoms with E-state index in [0.29, 0.717) is 12.6 Å². The van der Waals surface area contributed by atoms with E-state index in [1.807, 2.05) is 18.2 Å². The molecule has 2 aromatic heterocycles. The molecule has 8 nitrogen and oxygen atoms in total. The van der Waals surface area contributed by atoms with E-state index in [9.17, 15) is 10.1 Å². The number of ether oxygens (including phenoxy) is 1. The maximum atomic E-state index is 13.3. The number of aryl methyl sites for hydroxylation is 2. The number of rotatable bonds is 4. The molecule has 4 heterocycles. The number of aromatic nitrogens is 2. The van der Waals surface area contributed by atoms with Gasteiger partial charge < -0.3 is 23.5 Å². The number of hydrogen-bond donors (Lipinski definition) is 0. The van der Waals surface area contributed by atoms with E-state index in [1.54, 1.807) is 11.6 Å². The summed E-state index contributed by atoms with van der Waals surface area (Å²) in [4.78, 5) is 22.5. The topological polar surface area (TPSA) is 87.5 Å². The zero-order valence-electron chi connectivity index (χ0n) is 21.5. The van der Waals surface area contributed by atoms with E-state index in [4.69, 9.17) is 14.1 Å². The van der Waals surface area contributed by atoms with E-state index >= 15 is 0 Å². The smallest absolute Gasteiger partial charge is 0.270 e. The fourth-order valence-corrected chi connectivity index (χ4v) is 5.78. The third-order valence-electron chi connectivity index (χ3n) is 8.05. The van der Waals surface area contributed by atoms with Crippen molar-refractivity contribution in [2.24, 2.45) is 7.05 Å². The molecule has 2 aliphatic heterocycles. The van der Waals surface area contributed by atoms with Crippen LogP contribution in [-0.4, -0.2) is 48.9 Å². The van der Waals surface area contributed by atoms with Gasteiger partial charge in [0, 0.05) is 50.8 Å². The first kappa shape index (κ1) is 23.6. The van der Waals surface area contributed by atoms with E-state index in [0.717, 1.165) is 83.8 Å². The Kier molecular flexibility index (Phi) is 5.88. The molecule has 2 aliphatic rings. The minimum absolute atomic E-state index is 0.205. The summed E-state index contributed by atoms with van der Waals surface area (Å²) in [7, 11) is 3.82. The minimum Gasteiger partial charge on any atom is -0.440 e. The van der Waals surface area contributed by atoms with Crippen LogP contribution in [0.2, 0.25) is 0 Å². The summed E-state index contributed by atoms with van der Waals surface area (Å²) in [6.07, 6.45) is 2.67. The van der Waals surface area contributed by atoms with Crippen LogP contribution < -0.4 is 15.4 Å². The number of anilines is 2. The van der Waals surface area contributed by atoms with Gasteiger partial charge in [-0.25, -0.2) is 4.98 Å². The number of oxazole rings is 1. The Balaban J connectivity index is 1.33. The highest BCUT2D eigenvalue weighted by Crippen LogP contribution is 2.37. The van der Waals surface area contributed by atoms with Crippen LogP contribution in [0.4, 0.5) is 11.4 Å². The Morgan fingerprint density at radius 3 is 2.68 bits per heavy atom. The first-order valence-corrected chi connectivity index (χ1v) is 12.9. The van der Waals surface area contributed by atoms with Gasteiger partial charge in [0.05, 0.1) is 23.9 Å². The van der Waals surface area contributed by atoms with Crippen molar-refractivity contribution in [2.75, 3.05) is 43.2 Å². The molecule has 0 aliphatic carbocycles. The molecule has 6 rings (SSSR count). The van der Waals surface area contributed by atoms with Gasteiger partial charge in [-0.2, -0.15) is 5.26 Å². The van der Waals surface area contributed by atoms with Crippen LogP contribution >= 0.6 is 0 Å². The molecule has 0 N–H and O–H groups in total. The Bertz CT molecular complexity index is 1580. The summed E-state index contributed by atoms with van der Waals surface area (Å²) in [5.41, 5.74) is 5.43. The van der Waals surface area contributed by atoms with Crippen LogP contribution in [0.3, 0.4) is 0 Å². The van der Waals surface area contributed by atoms with Crippen molar-refractivity contribution >= 4 is 33.4 Å². The average Bonchev–Trinajstić information content (AvgIpc) is 3.60. The van der Waals surface area contributed by atoms with Crippen molar-refractivity contribution in [3.63, 3.8) is 0 Å². The molecule has 2 fully saturated rings. The van der Waals surface area contributed by atoms with Crippen molar-refractivity contribution in [1.29, 1.82) is 5.26 Å². The first-order chi connectivity index (χ1) is 17.9. The van der Waals surface area contributed by atoms with Gasteiger partial charge in [-0.3, -0.25) is 4.79 Å². The van der Waals surface area contributed by atoms with Gasteiger partial charge >= 0.3 is 0 Å². The molecule has 4 aromatic rings. The van der Waals surface area contributed by atoms with Gasteiger partial charge in [0.15, 0.2) is 11.5 Å². The van der Waals surface area contributed by atoms with Gasteiger partial charge in [-0.1, -0.05) is 6.07 Å². The Hall–Kier alpha value is -3.83. The molecule has 0 saturated carbocycles. The van der Waals surface area contributed by atoms with Gasteiger partial charge in [-0.15, -0.1) is 0 Å². The highest BCUT2D eigenvalue weighted by atomic mass is 16.5. The zero-order chi connectivity index (χ0) is 25.7. The van der Waals surface area contributed by atoms with Crippen LogP contribution in [0.5, 0.6) is 0 Å². The number of benzene rings is 2. The van der Waals surface area contributed by atoms with Gasteiger partial charge in [0.25, 0.3) is 5.56 Å². The number of likely N-dealkylation sites (N-methyl/N-ethyl adjacent to an activating group) is 1. The molecule has 37 heavy (non-hydrogen) atoms. The van der Waals surface area contributed by atoms with E-state index in [1.165, 1.54) is 0 Å². The second-order valence-electron chi connectivity index (χ2n) is 10.3. The lowest BCUT2D eigenvalue weighted by atomic mass is 9.95.